The van der Waals surface area contributed by atoms with E-state index in [9.17, 15) is 4.39 Å². The maximum absolute atomic E-state index is 13.3. The van der Waals surface area contributed by atoms with E-state index in [1.54, 1.807) is 18.5 Å². The average Bonchev–Trinajstić information content (AvgIpc) is 3.25. The van der Waals surface area contributed by atoms with Crippen molar-refractivity contribution in [2.24, 2.45) is 22.8 Å². The molecular formula is C24H29FN6. The molecule has 7 heteroatoms. The second-order valence-electron chi connectivity index (χ2n) is 9.02. The fraction of sp³-hybridized carbons (Fsp3) is 0.458. The van der Waals surface area contributed by atoms with E-state index in [1.165, 1.54) is 12.0 Å². The minimum Gasteiger partial charge on any atom is -0.346 e. The highest BCUT2D eigenvalue weighted by atomic mass is 19.1. The van der Waals surface area contributed by atoms with Gasteiger partial charge < -0.3 is 16.1 Å². The molecule has 5 rings (SSSR count). The molecule has 2 fully saturated rings. The Bertz CT molecular complexity index is 1060. The lowest BCUT2D eigenvalue weighted by molar-refractivity contribution is 0.165. The predicted molar refractivity (Wildman–Crippen MR) is 120 cm³/mol. The monoisotopic (exact) mass is 420 g/mol. The van der Waals surface area contributed by atoms with Gasteiger partial charge in [-0.25, -0.2) is 14.4 Å². The number of benzene rings is 1. The molecular weight excluding hydrogens is 391 g/mol. The first-order valence-corrected chi connectivity index (χ1v) is 11.3. The fourth-order valence-corrected chi connectivity index (χ4v) is 5.28. The van der Waals surface area contributed by atoms with E-state index in [1.807, 2.05) is 24.4 Å². The summed E-state index contributed by atoms with van der Waals surface area (Å²) >= 11 is 0. The molecule has 31 heavy (non-hydrogen) atoms. The Labute approximate surface area is 181 Å². The highest BCUT2D eigenvalue weighted by molar-refractivity contribution is 6.09. The van der Waals surface area contributed by atoms with Gasteiger partial charge >= 0.3 is 0 Å². The molecule has 0 bridgehead atoms. The molecule has 2 aliphatic rings. The molecule has 0 aliphatic heterocycles. The lowest BCUT2D eigenvalue weighted by Crippen LogP contribution is -2.50. The van der Waals surface area contributed by atoms with Crippen LogP contribution in [0.3, 0.4) is 0 Å². The van der Waals surface area contributed by atoms with Crippen molar-refractivity contribution >= 4 is 16.7 Å². The molecule has 0 unspecified atom stereocenters. The van der Waals surface area contributed by atoms with Crippen LogP contribution in [-0.4, -0.2) is 27.2 Å². The first kappa shape index (κ1) is 20.1. The van der Waals surface area contributed by atoms with Crippen molar-refractivity contribution in [1.82, 2.24) is 20.3 Å². The van der Waals surface area contributed by atoms with Crippen molar-refractivity contribution in [3.8, 4) is 0 Å². The highest BCUT2D eigenvalue weighted by Crippen LogP contribution is 2.42. The maximum Gasteiger partial charge on any atom is 0.141 e. The van der Waals surface area contributed by atoms with Crippen LogP contribution in [0.2, 0.25) is 0 Å². The zero-order chi connectivity index (χ0) is 21.3. The third kappa shape index (κ3) is 3.82. The first-order valence-electron chi connectivity index (χ1n) is 11.3. The Morgan fingerprint density at radius 3 is 2.58 bits per heavy atom. The van der Waals surface area contributed by atoms with E-state index in [4.69, 9.17) is 5.84 Å². The molecule has 4 N–H and O–H groups in total. The Kier molecular flexibility index (Phi) is 5.44. The van der Waals surface area contributed by atoms with Crippen LogP contribution in [-0.2, 0) is 5.54 Å². The number of fused-ring (bicyclic) bond motifs is 1. The summed E-state index contributed by atoms with van der Waals surface area (Å²) in [6.45, 7) is 0.995. The van der Waals surface area contributed by atoms with Crippen LogP contribution < -0.4 is 11.2 Å². The summed E-state index contributed by atoms with van der Waals surface area (Å²) in [7, 11) is 0. The quantitative estimate of drug-likeness (QED) is 0.316. The number of aromatic nitrogens is 3. The van der Waals surface area contributed by atoms with Gasteiger partial charge in [0.2, 0.25) is 0 Å². The van der Waals surface area contributed by atoms with Crippen LogP contribution in [0.5, 0.6) is 0 Å². The molecule has 2 heterocycles. The van der Waals surface area contributed by atoms with Crippen molar-refractivity contribution in [2.45, 2.75) is 50.5 Å². The van der Waals surface area contributed by atoms with E-state index in [0.717, 1.165) is 67.5 Å². The molecule has 162 valence electrons. The van der Waals surface area contributed by atoms with E-state index in [0.29, 0.717) is 11.8 Å². The van der Waals surface area contributed by atoms with Gasteiger partial charge in [0.15, 0.2) is 0 Å². The number of nitrogens with two attached hydrogens (primary N) is 1. The topological polar surface area (TPSA) is 92.0 Å². The summed E-state index contributed by atoms with van der Waals surface area (Å²) in [4.78, 5) is 11.9. The second-order valence-corrected chi connectivity index (χ2v) is 9.02. The third-order valence-corrected chi connectivity index (χ3v) is 7.30. The number of hydrogen-bond acceptors (Lipinski definition) is 5. The number of hydrogen-bond donors (Lipinski definition) is 3. The van der Waals surface area contributed by atoms with E-state index < -0.39 is 0 Å². The molecule has 0 saturated heterocycles. The van der Waals surface area contributed by atoms with Gasteiger partial charge in [-0.2, -0.15) is 5.10 Å². The van der Waals surface area contributed by atoms with Crippen LogP contribution >= 0.6 is 0 Å². The standard InChI is InChI=1S/C24H29FN6/c25-19-8-6-18(7-9-19)24(11-1-12-24)30-14-16-2-4-17(5-3-16)21(31-26)22-20-10-13-27-23(20)29-15-28-22/h6-10,13,15-17,30H,1-5,11-12,14,26H2,(H,27,28,29). The Hall–Kier alpha value is -2.80. The summed E-state index contributed by atoms with van der Waals surface area (Å²) < 4.78 is 13.3. The largest absolute Gasteiger partial charge is 0.346 e. The third-order valence-electron chi connectivity index (χ3n) is 7.30. The van der Waals surface area contributed by atoms with Crippen molar-refractivity contribution in [2.75, 3.05) is 6.54 Å². The van der Waals surface area contributed by atoms with Gasteiger partial charge in [-0.3, -0.25) is 0 Å². The molecule has 0 spiro atoms. The van der Waals surface area contributed by atoms with E-state index >= 15 is 0 Å². The minimum absolute atomic E-state index is 0.0231. The number of aromatic amines is 1. The van der Waals surface area contributed by atoms with E-state index in [2.05, 4.69) is 25.4 Å². The predicted octanol–water partition coefficient (Wildman–Crippen LogP) is 4.24. The summed E-state index contributed by atoms with van der Waals surface area (Å²) in [5, 5.41) is 8.98. The van der Waals surface area contributed by atoms with Crippen LogP contribution in [0.25, 0.3) is 11.0 Å². The molecule has 6 nitrogen and oxygen atoms in total. The molecule has 1 aromatic carbocycles. The highest BCUT2D eigenvalue weighted by Gasteiger charge is 2.39. The number of halogens is 1. The van der Waals surface area contributed by atoms with Crippen LogP contribution in [0, 0.1) is 17.7 Å². The van der Waals surface area contributed by atoms with Gasteiger partial charge in [-0.15, -0.1) is 0 Å². The Morgan fingerprint density at radius 1 is 1.13 bits per heavy atom. The zero-order valence-electron chi connectivity index (χ0n) is 17.6. The first-order chi connectivity index (χ1) is 15.2. The summed E-state index contributed by atoms with van der Waals surface area (Å²) in [5.74, 6) is 6.61. The van der Waals surface area contributed by atoms with Gasteiger partial charge in [0.05, 0.1) is 11.4 Å². The van der Waals surface area contributed by atoms with Gasteiger partial charge in [0.1, 0.15) is 17.8 Å². The number of nitrogens with one attached hydrogen (secondary N) is 2. The molecule has 0 radical (unpaired) electrons. The van der Waals surface area contributed by atoms with Crippen molar-refractivity contribution in [3.63, 3.8) is 0 Å². The van der Waals surface area contributed by atoms with Crippen LogP contribution in [0.1, 0.15) is 56.2 Å². The van der Waals surface area contributed by atoms with Crippen molar-refractivity contribution in [3.05, 3.63) is 59.9 Å². The summed E-state index contributed by atoms with van der Waals surface area (Å²) in [6.07, 6.45) is 11.3. The van der Waals surface area contributed by atoms with Crippen LogP contribution in [0.4, 0.5) is 4.39 Å². The van der Waals surface area contributed by atoms with Gasteiger partial charge in [-0.05, 0) is 81.2 Å². The van der Waals surface area contributed by atoms with Crippen molar-refractivity contribution in [1.29, 1.82) is 0 Å². The SMILES string of the molecule is NN=C(c1ncnc2[nH]ccc12)C1CCC(CNC2(c3ccc(F)cc3)CCC2)CC1. The van der Waals surface area contributed by atoms with Crippen molar-refractivity contribution < 1.29 is 4.39 Å². The summed E-state index contributed by atoms with van der Waals surface area (Å²) in [6, 6.07) is 9.01. The van der Waals surface area contributed by atoms with Gasteiger partial charge in [-0.1, -0.05) is 12.1 Å². The van der Waals surface area contributed by atoms with E-state index in [-0.39, 0.29) is 11.4 Å². The average molecular weight is 421 g/mol. The molecule has 0 amide bonds. The molecule has 3 aromatic rings. The number of hydrazone groups is 1. The molecule has 2 aliphatic carbocycles. The number of nitrogens with zero attached hydrogens (tertiary/aromatic N) is 3. The van der Waals surface area contributed by atoms with Crippen LogP contribution in [0.15, 0.2) is 48.0 Å². The smallest absolute Gasteiger partial charge is 0.141 e. The minimum atomic E-state index is -0.172. The van der Waals surface area contributed by atoms with Gasteiger partial charge in [0.25, 0.3) is 0 Å². The number of H-pyrrole nitrogens is 1. The molecule has 2 aromatic heterocycles. The van der Waals surface area contributed by atoms with Gasteiger partial charge in [0, 0.05) is 23.0 Å². The zero-order valence-corrected chi connectivity index (χ0v) is 17.6. The molecule has 0 atom stereocenters. The lowest BCUT2D eigenvalue weighted by atomic mass is 9.71. The Morgan fingerprint density at radius 2 is 1.90 bits per heavy atom. The fourth-order valence-electron chi connectivity index (χ4n) is 5.28. The normalized spacial score (nSPS) is 23.6. The molecule has 2 saturated carbocycles. The number of rotatable bonds is 6. The lowest BCUT2D eigenvalue weighted by Gasteiger charge is -2.45. The maximum atomic E-state index is 13.3. The second kappa shape index (κ2) is 8.38. The summed E-state index contributed by atoms with van der Waals surface area (Å²) in [5.41, 5.74) is 3.79. The Balaban J connectivity index is 1.21.